The molecule has 0 heterocycles. The molecule has 0 spiro atoms. The molecule has 1 saturated carbocycles. The molecule has 0 bridgehead atoms. The Labute approximate surface area is 124 Å². The standard InChI is InChI=1S/C16H22N2O3/c1-11-5-2-3-8-14(11)18-15(19)10-17-13-7-4-6-12(9-13)16(20)21/h2-3,5,8,12-13,17H,4,6-7,9-10H2,1H3,(H,18,19)(H,20,21). The number of aryl methyl sites for hydroxylation is 1. The molecule has 1 aliphatic rings. The van der Waals surface area contributed by atoms with E-state index in [1.807, 2.05) is 31.2 Å². The lowest BCUT2D eigenvalue weighted by Crippen LogP contribution is -2.40. The average Bonchev–Trinajstić information content (AvgIpc) is 2.48. The van der Waals surface area contributed by atoms with Crippen molar-refractivity contribution < 1.29 is 14.7 Å². The number of nitrogens with one attached hydrogen (secondary N) is 2. The van der Waals surface area contributed by atoms with Crippen LogP contribution >= 0.6 is 0 Å². The van der Waals surface area contributed by atoms with Crippen LogP contribution < -0.4 is 10.6 Å². The highest BCUT2D eigenvalue weighted by atomic mass is 16.4. The minimum atomic E-state index is -0.731. The van der Waals surface area contributed by atoms with Gasteiger partial charge in [0, 0.05) is 11.7 Å². The highest BCUT2D eigenvalue weighted by molar-refractivity contribution is 5.92. The molecule has 2 atom stereocenters. The first-order valence-electron chi connectivity index (χ1n) is 7.38. The van der Waals surface area contributed by atoms with Gasteiger partial charge in [0.25, 0.3) is 0 Å². The van der Waals surface area contributed by atoms with Crippen molar-refractivity contribution in [3.05, 3.63) is 29.8 Å². The van der Waals surface area contributed by atoms with E-state index < -0.39 is 5.97 Å². The van der Waals surface area contributed by atoms with Crippen LogP contribution in [0.25, 0.3) is 0 Å². The fraction of sp³-hybridized carbons (Fsp3) is 0.500. The van der Waals surface area contributed by atoms with E-state index in [4.69, 9.17) is 5.11 Å². The van der Waals surface area contributed by atoms with Crippen LogP contribution in [0.4, 0.5) is 5.69 Å². The van der Waals surface area contributed by atoms with Gasteiger partial charge in [0.15, 0.2) is 0 Å². The van der Waals surface area contributed by atoms with Crippen molar-refractivity contribution in [1.29, 1.82) is 0 Å². The molecule has 114 valence electrons. The monoisotopic (exact) mass is 290 g/mol. The summed E-state index contributed by atoms with van der Waals surface area (Å²) in [6.45, 7) is 2.16. The van der Waals surface area contributed by atoms with Gasteiger partial charge in [-0.2, -0.15) is 0 Å². The van der Waals surface area contributed by atoms with Crippen LogP contribution in [0.15, 0.2) is 24.3 Å². The van der Waals surface area contributed by atoms with E-state index in [2.05, 4.69) is 10.6 Å². The van der Waals surface area contributed by atoms with E-state index in [9.17, 15) is 9.59 Å². The van der Waals surface area contributed by atoms with Crippen LogP contribution in [-0.2, 0) is 9.59 Å². The first-order chi connectivity index (χ1) is 10.1. The van der Waals surface area contributed by atoms with Gasteiger partial charge in [-0.15, -0.1) is 0 Å². The molecule has 0 aliphatic heterocycles. The van der Waals surface area contributed by atoms with Gasteiger partial charge >= 0.3 is 5.97 Å². The maximum Gasteiger partial charge on any atom is 0.306 e. The quantitative estimate of drug-likeness (QED) is 0.776. The fourth-order valence-electron chi connectivity index (χ4n) is 2.74. The van der Waals surface area contributed by atoms with E-state index in [0.717, 1.165) is 30.5 Å². The first-order valence-corrected chi connectivity index (χ1v) is 7.38. The zero-order valence-electron chi connectivity index (χ0n) is 12.3. The smallest absolute Gasteiger partial charge is 0.306 e. The summed E-state index contributed by atoms with van der Waals surface area (Å²) in [5.74, 6) is -1.11. The van der Waals surface area contributed by atoms with E-state index in [1.165, 1.54) is 0 Å². The van der Waals surface area contributed by atoms with E-state index in [-0.39, 0.29) is 24.4 Å². The Kier molecular flexibility index (Phi) is 5.33. The second kappa shape index (κ2) is 7.22. The first kappa shape index (κ1) is 15.5. The predicted molar refractivity (Wildman–Crippen MR) is 81.2 cm³/mol. The number of anilines is 1. The second-order valence-electron chi connectivity index (χ2n) is 5.64. The summed E-state index contributed by atoms with van der Waals surface area (Å²) >= 11 is 0. The summed E-state index contributed by atoms with van der Waals surface area (Å²) < 4.78 is 0. The molecule has 21 heavy (non-hydrogen) atoms. The van der Waals surface area contributed by atoms with Gasteiger partial charge in [0.05, 0.1) is 12.5 Å². The largest absolute Gasteiger partial charge is 0.481 e. The van der Waals surface area contributed by atoms with Crippen LogP contribution in [0.3, 0.4) is 0 Å². The van der Waals surface area contributed by atoms with Gasteiger partial charge in [0.1, 0.15) is 0 Å². The Morgan fingerprint density at radius 3 is 2.76 bits per heavy atom. The average molecular weight is 290 g/mol. The van der Waals surface area contributed by atoms with Gasteiger partial charge in [-0.05, 0) is 37.8 Å². The zero-order valence-corrected chi connectivity index (χ0v) is 12.3. The van der Waals surface area contributed by atoms with Gasteiger partial charge in [0.2, 0.25) is 5.91 Å². The van der Waals surface area contributed by atoms with Crippen molar-refractivity contribution in [2.45, 2.75) is 38.6 Å². The molecule has 0 aromatic heterocycles. The summed E-state index contributed by atoms with van der Waals surface area (Å²) in [4.78, 5) is 22.9. The number of hydrogen-bond donors (Lipinski definition) is 3. The molecule has 3 N–H and O–H groups in total. The predicted octanol–water partition coefficient (Wildman–Crippen LogP) is 2.17. The van der Waals surface area contributed by atoms with Gasteiger partial charge in [-0.1, -0.05) is 24.6 Å². The van der Waals surface area contributed by atoms with Crippen molar-refractivity contribution in [2.24, 2.45) is 5.92 Å². The number of hydrogen-bond acceptors (Lipinski definition) is 3. The summed E-state index contributed by atoms with van der Waals surface area (Å²) in [7, 11) is 0. The second-order valence-corrected chi connectivity index (χ2v) is 5.64. The molecule has 1 aliphatic carbocycles. The lowest BCUT2D eigenvalue weighted by molar-refractivity contribution is -0.143. The third-order valence-electron chi connectivity index (χ3n) is 3.99. The maximum atomic E-state index is 11.9. The van der Waals surface area contributed by atoms with E-state index in [1.54, 1.807) is 0 Å². The Morgan fingerprint density at radius 2 is 2.05 bits per heavy atom. The van der Waals surface area contributed by atoms with Crippen LogP contribution in [0.5, 0.6) is 0 Å². The number of benzene rings is 1. The highest BCUT2D eigenvalue weighted by Crippen LogP contribution is 2.24. The number of carboxylic acid groups (broad SMARTS) is 1. The SMILES string of the molecule is Cc1ccccc1NC(=O)CNC1CCCC(C(=O)O)C1. The molecule has 1 aromatic rings. The Hall–Kier alpha value is -1.88. The van der Waals surface area contributed by atoms with Crippen molar-refractivity contribution in [3.8, 4) is 0 Å². The maximum absolute atomic E-state index is 11.9. The van der Waals surface area contributed by atoms with Crippen LogP contribution in [0.1, 0.15) is 31.2 Å². The normalized spacial score (nSPS) is 21.8. The number of carbonyl (C=O) groups is 2. The lowest BCUT2D eigenvalue weighted by Gasteiger charge is -2.27. The molecule has 1 aromatic carbocycles. The minimum absolute atomic E-state index is 0.0956. The molecular weight excluding hydrogens is 268 g/mol. The van der Waals surface area contributed by atoms with E-state index in [0.29, 0.717) is 6.42 Å². The third kappa shape index (κ3) is 4.56. The Balaban J connectivity index is 1.79. The van der Waals surface area contributed by atoms with Crippen molar-refractivity contribution in [3.63, 3.8) is 0 Å². The van der Waals surface area contributed by atoms with Gasteiger partial charge in [-0.3, -0.25) is 9.59 Å². The molecular formula is C16H22N2O3. The summed E-state index contributed by atoms with van der Waals surface area (Å²) in [6.07, 6.45) is 3.17. The van der Waals surface area contributed by atoms with E-state index >= 15 is 0 Å². The highest BCUT2D eigenvalue weighted by Gasteiger charge is 2.26. The van der Waals surface area contributed by atoms with Crippen molar-refractivity contribution in [1.82, 2.24) is 5.32 Å². The molecule has 5 nitrogen and oxygen atoms in total. The number of aliphatic carboxylic acids is 1. The number of para-hydroxylation sites is 1. The minimum Gasteiger partial charge on any atom is -0.481 e. The number of amides is 1. The fourth-order valence-corrected chi connectivity index (χ4v) is 2.74. The van der Waals surface area contributed by atoms with Crippen LogP contribution in [0.2, 0.25) is 0 Å². The molecule has 2 unspecified atom stereocenters. The Morgan fingerprint density at radius 1 is 1.29 bits per heavy atom. The lowest BCUT2D eigenvalue weighted by atomic mass is 9.86. The van der Waals surface area contributed by atoms with Crippen molar-refractivity contribution in [2.75, 3.05) is 11.9 Å². The number of carboxylic acids is 1. The molecule has 5 heteroatoms. The van der Waals surface area contributed by atoms with Gasteiger partial charge in [-0.25, -0.2) is 0 Å². The van der Waals surface area contributed by atoms with Crippen LogP contribution in [-0.4, -0.2) is 29.6 Å². The zero-order chi connectivity index (χ0) is 15.2. The molecule has 1 fully saturated rings. The number of carbonyl (C=O) groups excluding carboxylic acids is 1. The number of rotatable bonds is 5. The van der Waals surface area contributed by atoms with Crippen LogP contribution in [0, 0.1) is 12.8 Å². The molecule has 0 saturated heterocycles. The molecule has 1 amide bonds. The summed E-state index contributed by atoms with van der Waals surface area (Å²) in [5, 5.41) is 15.1. The topological polar surface area (TPSA) is 78.4 Å². The third-order valence-corrected chi connectivity index (χ3v) is 3.99. The summed E-state index contributed by atoms with van der Waals surface area (Å²) in [5.41, 5.74) is 1.84. The van der Waals surface area contributed by atoms with Gasteiger partial charge < -0.3 is 15.7 Å². The van der Waals surface area contributed by atoms with Crippen molar-refractivity contribution >= 4 is 17.6 Å². The molecule has 0 radical (unpaired) electrons. The molecule has 2 rings (SSSR count). The summed E-state index contributed by atoms with van der Waals surface area (Å²) in [6, 6.07) is 7.74. The Bertz CT molecular complexity index is 516.